The molecule has 0 aromatic heterocycles. The molecule has 0 heterocycles. The third-order valence-corrected chi connectivity index (χ3v) is 6.37. The van der Waals surface area contributed by atoms with E-state index in [-0.39, 0.29) is 12.5 Å². The van der Waals surface area contributed by atoms with Crippen LogP contribution in [0.2, 0.25) is 5.02 Å². The van der Waals surface area contributed by atoms with E-state index < -0.39 is 5.91 Å². The van der Waals surface area contributed by atoms with Gasteiger partial charge >= 0.3 is 0 Å². The number of aryl methyl sites for hydroxylation is 1. The molecular weight excluding hydrogens is 625 g/mol. The van der Waals surface area contributed by atoms with Gasteiger partial charge in [0.25, 0.3) is 11.8 Å². The van der Waals surface area contributed by atoms with Gasteiger partial charge in [0.1, 0.15) is 0 Å². The van der Waals surface area contributed by atoms with Crippen LogP contribution >= 0.6 is 34.2 Å². The topological polar surface area (TPSA) is 107 Å². The summed E-state index contributed by atoms with van der Waals surface area (Å²) in [6.45, 7) is 3.94. The molecule has 0 saturated heterocycles. The van der Waals surface area contributed by atoms with E-state index in [0.717, 1.165) is 5.56 Å². The van der Waals surface area contributed by atoms with Crippen LogP contribution in [0.3, 0.4) is 0 Å². The van der Waals surface area contributed by atoms with Crippen molar-refractivity contribution >= 4 is 57.9 Å². The Morgan fingerprint density at radius 2 is 1.76 bits per heavy atom. The normalized spacial score (nSPS) is 10.7. The van der Waals surface area contributed by atoms with Gasteiger partial charge in [-0.05, 0) is 90.0 Å². The van der Waals surface area contributed by atoms with Gasteiger partial charge in [-0.25, -0.2) is 5.43 Å². The second kappa shape index (κ2) is 13.9. The third kappa shape index (κ3) is 7.75. The highest BCUT2D eigenvalue weighted by Gasteiger charge is 2.14. The van der Waals surface area contributed by atoms with Crippen molar-refractivity contribution in [3.63, 3.8) is 0 Å². The zero-order chi connectivity index (χ0) is 27.7. The third-order valence-electron chi connectivity index (χ3n) is 5.16. The number of rotatable bonds is 11. The number of anilines is 1. The van der Waals surface area contributed by atoms with E-state index in [4.69, 9.17) is 30.5 Å². The smallest absolute Gasteiger partial charge is 0.271 e. The lowest BCUT2D eigenvalue weighted by Gasteiger charge is -2.14. The molecule has 0 bridgehead atoms. The number of hydrazone groups is 1. The summed E-state index contributed by atoms with van der Waals surface area (Å²) in [7, 11) is 3.03. The minimum Gasteiger partial charge on any atom is -0.493 e. The molecule has 3 aromatic rings. The van der Waals surface area contributed by atoms with Crippen LogP contribution in [0.1, 0.15) is 28.4 Å². The Kier molecular flexibility index (Phi) is 10.6. The molecule has 0 radical (unpaired) electrons. The summed E-state index contributed by atoms with van der Waals surface area (Å²) in [6.07, 6.45) is 1.48. The fourth-order valence-corrected chi connectivity index (χ4v) is 4.24. The number of hydrogen-bond donors (Lipinski definition) is 2. The first-order valence-electron chi connectivity index (χ1n) is 11.5. The minimum atomic E-state index is -0.410. The van der Waals surface area contributed by atoms with Gasteiger partial charge in [0.05, 0.1) is 30.6 Å². The number of nitrogens with one attached hydrogen (secondary N) is 2. The van der Waals surface area contributed by atoms with E-state index in [1.54, 1.807) is 42.5 Å². The number of benzene rings is 3. The van der Waals surface area contributed by atoms with Crippen molar-refractivity contribution in [1.29, 1.82) is 0 Å². The second-order valence-electron chi connectivity index (χ2n) is 7.83. The molecule has 0 saturated carbocycles. The van der Waals surface area contributed by atoms with Gasteiger partial charge in [-0.3, -0.25) is 9.59 Å². The predicted octanol–water partition coefficient (Wildman–Crippen LogP) is 5.45. The van der Waals surface area contributed by atoms with Crippen LogP contribution in [0.25, 0.3) is 0 Å². The molecule has 9 nitrogen and oxygen atoms in total. The number of methoxy groups -OCH3 is 2. The van der Waals surface area contributed by atoms with Gasteiger partial charge in [0.15, 0.2) is 29.6 Å². The Morgan fingerprint density at radius 1 is 1.00 bits per heavy atom. The van der Waals surface area contributed by atoms with Crippen LogP contribution in [0, 0.1) is 10.5 Å². The van der Waals surface area contributed by atoms with Gasteiger partial charge in [0.2, 0.25) is 0 Å². The maximum Gasteiger partial charge on any atom is 0.271 e. The van der Waals surface area contributed by atoms with Gasteiger partial charge in [-0.15, -0.1) is 0 Å². The van der Waals surface area contributed by atoms with Crippen molar-refractivity contribution in [3.05, 3.63) is 73.8 Å². The van der Waals surface area contributed by atoms with E-state index in [1.165, 1.54) is 20.4 Å². The summed E-state index contributed by atoms with van der Waals surface area (Å²) in [5.74, 6) is 1.07. The first kappa shape index (κ1) is 29.1. The number of carbonyl (C=O) groups excluding carboxylic acids is 2. The predicted molar refractivity (Wildman–Crippen MR) is 155 cm³/mol. The molecule has 200 valence electrons. The molecule has 3 aromatic carbocycles. The van der Waals surface area contributed by atoms with Gasteiger partial charge in [-0.1, -0.05) is 17.7 Å². The fraction of sp³-hybridized carbons (Fsp3) is 0.222. The SMILES string of the molecule is CCOc1cc(C(=O)N/N=C/c2cc(I)c(OCC(=O)Nc3ccc(C)c(Cl)c3)c(OC)c2)ccc1OC. The van der Waals surface area contributed by atoms with Crippen LogP contribution in [-0.2, 0) is 4.79 Å². The van der Waals surface area contributed by atoms with E-state index in [0.29, 0.717) is 55.0 Å². The molecule has 0 aliphatic heterocycles. The number of halogens is 2. The van der Waals surface area contributed by atoms with Crippen molar-refractivity contribution in [2.75, 3.05) is 32.8 Å². The number of amides is 2. The molecule has 2 amide bonds. The summed E-state index contributed by atoms with van der Waals surface area (Å²) in [6, 6.07) is 13.6. The largest absolute Gasteiger partial charge is 0.493 e. The van der Waals surface area contributed by atoms with E-state index in [1.807, 2.05) is 19.9 Å². The Hall–Kier alpha value is -3.51. The first-order valence-corrected chi connectivity index (χ1v) is 12.9. The van der Waals surface area contributed by atoms with Crippen molar-refractivity contribution in [1.82, 2.24) is 5.43 Å². The Labute approximate surface area is 239 Å². The first-order chi connectivity index (χ1) is 18.2. The molecule has 0 atom stereocenters. The second-order valence-corrected chi connectivity index (χ2v) is 9.40. The standard InChI is InChI=1S/C27H27ClIN3O6/c1-5-37-23-12-18(7-9-22(23)35-3)27(34)32-30-14-17-10-21(29)26(24(11-17)36-4)38-15-25(33)31-19-8-6-16(2)20(28)13-19/h6-14H,5,15H2,1-4H3,(H,31,33)(H,32,34)/b30-14+. The molecule has 0 unspecified atom stereocenters. The van der Waals surface area contributed by atoms with Gasteiger partial charge in [0, 0.05) is 16.3 Å². The molecule has 0 spiro atoms. The van der Waals surface area contributed by atoms with Crippen LogP contribution in [0.4, 0.5) is 5.69 Å². The number of ether oxygens (including phenoxy) is 4. The monoisotopic (exact) mass is 651 g/mol. The maximum absolute atomic E-state index is 12.5. The lowest BCUT2D eigenvalue weighted by Crippen LogP contribution is -2.20. The number of carbonyl (C=O) groups is 2. The van der Waals surface area contributed by atoms with Crippen LogP contribution in [0.15, 0.2) is 53.6 Å². The van der Waals surface area contributed by atoms with Gasteiger partial charge < -0.3 is 24.3 Å². The fourth-order valence-electron chi connectivity index (χ4n) is 3.28. The molecule has 0 aliphatic rings. The number of nitrogens with zero attached hydrogens (tertiary/aromatic N) is 1. The molecule has 0 aliphatic carbocycles. The summed E-state index contributed by atoms with van der Waals surface area (Å²) < 4.78 is 22.6. The van der Waals surface area contributed by atoms with Crippen LogP contribution in [-0.4, -0.2) is 45.5 Å². The summed E-state index contributed by atoms with van der Waals surface area (Å²) in [5, 5.41) is 7.36. The molecule has 11 heteroatoms. The quantitative estimate of drug-likeness (QED) is 0.162. The molecule has 3 rings (SSSR count). The highest BCUT2D eigenvalue weighted by Crippen LogP contribution is 2.33. The van der Waals surface area contributed by atoms with Crippen molar-refractivity contribution in [3.8, 4) is 23.0 Å². The molecule has 38 heavy (non-hydrogen) atoms. The zero-order valence-corrected chi connectivity index (χ0v) is 24.2. The zero-order valence-electron chi connectivity index (χ0n) is 21.3. The van der Waals surface area contributed by atoms with E-state index in [2.05, 4.69) is 38.4 Å². The summed E-state index contributed by atoms with van der Waals surface area (Å²) in [4.78, 5) is 24.9. The average molecular weight is 652 g/mol. The number of hydrogen-bond acceptors (Lipinski definition) is 7. The maximum atomic E-state index is 12.5. The van der Waals surface area contributed by atoms with E-state index in [9.17, 15) is 9.59 Å². The van der Waals surface area contributed by atoms with Crippen LogP contribution in [0.5, 0.6) is 23.0 Å². The Morgan fingerprint density at radius 3 is 2.45 bits per heavy atom. The lowest BCUT2D eigenvalue weighted by molar-refractivity contribution is -0.118. The highest BCUT2D eigenvalue weighted by molar-refractivity contribution is 14.1. The molecule has 0 fully saturated rings. The van der Waals surface area contributed by atoms with Crippen molar-refractivity contribution < 1.29 is 28.5 Å². The van der Waals surface area contributed by atoms with Crippen LogP contribution < -0.4 is 29.7 Å². The lowest BCUT2D eigenvalue weighted by atomic mass is 10.2. The minimum absolute atomic E-state index is 0.229. The Balaban J connectivity index is 1.64. The van der Waals surface area contributed by atoms with Crippen molar-refractivity contribution in [2.24, 2.45) is 5.10 Å². The van der Waals surface area contributed by atoms with Crippen molar-refractivity contribution in [2.45, 2.75) is 13.8 Å². The van der Waals surface area contributed by atoms with E-state index >= 15 is 0 Å². The summed E-state index contributed by atoms with van der Waals surface area (Å²) >= 11 is 8.19. The summed E-state index contributed by atoms with van der Waals surface area (Å²) in [5.41, 5.74) is 5.01. The van der Waals surface area contributed by atoms with Gasteiger partial charge in [-0.2, -0.15) is 5.10 Å². The average Bonchev–Trinajstić information content (AvgIpc) is 2.90. The highest BCUT2D eigenvalue weighted by atomic mass is 127. The Bertz CT molecular complexity index is 1350. The molecular formula is C27H27ClIN3O6. The molecule has 2 N–H and O–H groups in total.